The van der Waals surface area contributed by atoms with Gasteiger partial charge in [0.25, 0.3) is 0 Å². The van der Waals surface area contributed by atoms with Crippen molar-refractivity contribution in [1.82, 2.24) is 10.2 Å². The number of urea groups is 1. The van der Waals surface area contributed by atoms with Gasteiger partial charge < -0.3 is 15.5 Å². The number of thiophene rings is 1. The highest BCUT2D eigenvalue weighted by molar-refractivity contribution is 7.09. The van der Waals surface area contributed by atoms with Gasteiger partial charge in [-0.25, -0.2) is 4.79 Å². The van der Waals surface area contributed by atoms with E-state index in [1.54, 1.807) is 16.2 Å². The van der Waals surface area contributed by atoms with Crippen molar-refractivity contribution in [2.24, 2.45) is 0 Å². The van der Waals surface area contributed by atoms with E-state index < -0.39 is 6.04 Å². The molecule has 2 heterocycles. The van der Waals surface area contributed by atoms with Gasteiger partial charge in [0.15, 0.2) is 0 Å². The molecule has 3 rings (SSSR count). The first kappa shape index (κ1) is 16.5. The number of likely N-dealkylation sites (tertiary alicyclic amines) is 1. The minimum Gasteiger partial charge on any atom is -0.349 e. The molecule has 1 aromatic heterocycles. The summed E-state index contributed by atoms with van der Waals surface area (Å²) in [7, 11) is 0. The van der Waals surface area contributed by atoms with E-state index in [1.165, 1.54) is 0 Å². The highest BCUT2D eigenvalue weighted by Gasteiger charge is 2.34. The van der Waals surface area contributed by atoms with Crippen molar-refractivity contribution in [3.8, 4) is 0 Å². The molecule has 1 saturated heterocycles. The second-order valence-electron chi connectivity index (χ2n) is 5.95. The van der Waals surface area contributed by atoms with Crippen molar-refractivity contribution >= 4 is 29.0 Å². The molecule has 1 atom stereocenters. The SMILES string of the molecule is Cc1cccc(NC(=O)N2CCC[C@@H]2C(=O)NCc2cccs2)c1. The number of hydrogen-bond acceptors (Lipinski definition) is 3. The van der Waals surface area contributed by atoms with Gasteiger partial charge in [0.2, 0.25) is 5.91 Å². The molecule has 24 heavy (non-hydrogen) atoms. The van der Waals surface area contributed by atoms with Gasteiger partial charge in [-0.1, -0.05) is 18.2 Å². The molecule has 0 unspecified atom stereocenters. The summed E-state index contributed by atoms with van der Waals surface area (Å²) in [6, 6.07) is 11.0. The van der Waals surface area contributed by atoms with Crippen molar-refractivity contribution in [2.75, 3.05) is 11.9 Å². The van der Waals surface area contributed by atoms with Crippen molar-refractivity contribution in [3.05, 3.63) is 52.2 Å². The number of anilines is 1. The van der Waals surface area contributed by atoms with Gasteiger partial charge >= 0.3 is 6.03 Å². The lowest BCUT2D eigenvalue weighted by Gasteiger charge is -2.24. The van der Waals surface area contributed by atoms with Crippen LogP contribution in [0.2, 0.25) is 0 Å². The fraction of sp³-hybridized carbons (Fsp3) is 0.333. The van der Waals surface area contributed by atoms with E-state index in [1.807, 2.05) is 48.7 Å². The zero-order valence-electron chi connectivity index (χ0n) is 13.6. The maximum Gasteiger partial charge on any atom is 0.322 e. The lowest BCUT2D eigenvalue weighted by molar-refractivity contribution is -0.124. The van der Waals surface area contributed by atoms with Crippen LogP contribution in [0, 0.1) is 6.92 Å². The Labute approximate surface area is 145 Å². The monoisotopic (exact) mass is 343 g/mol. The normalized spacial score (nSPS) is 16.9. The van der Waals surface area contributed by atoms with Gasteiger partial charge in [0.1, 0.15) is 6.04 Å². The molecule has 0 bridgehead atoms. The molecule has 0 saturated carbocycles. The molecule has 1 aromatic carbocycles. The minimum absolute atomic E-state index is 0.0831. The Kier molecular flexibility index (Phi) is 5.15. The third-order valence-corrected chi connectivity index (χ3v) is 4.98. The first-order valence-corrected chi connectivity index (χ1v) is 8.96. The number of benzene rings is 1. The molecule has 0 spiro atoms. The summed E-state index contributed by atoms with van der Waals surface area (Å²) < 4.78 is 0. The van der Waals surface area contributed by atoms with Crippen molar-refractivity contribution in [3.63, 3.8) is 0 Å². The Balaban J connectivity index is 1.59. The van der Waals surface area contributed by atoms with Gasteiger partial charge in [-0.15, -0.1) is 11.3 Å². The van der Waals surface area contributed by atoms with Gasteiger partial charge in [-0.05, 0) is 48.9 Å². The molecule has 5 nitrogen and oxygen atoms in total. The lowest BCUT2D eigenvalue weighted by atomic mass is 10.2. The van der Waals surface area contributed by atoms with E-state index in [9.17, 15) is 9.59 Å². The Morgan fingerprint density at radius 1 is 1.29 bits per heavy atom. The number of carbonyl (C=O) groups excluding carboxylic acids is 2. The molecule has 6 heteroatoms. The summed E-state index contributed by atoms with van der Waals surface area (Å²) in [5.74, 6) is -0.0831. The van der Waals surface area contributed by atoms with E-state index in [0.29, 0.717) is 19.5 Å². The molecule has 0 aliphatic carbocycles. The summed E-state index contributed by atoms with van der Waals surface area (Å²) in [5.41, 5.74) is 1.84. The number of hydrogen-bond donors (Lipinski definition) is 2. The summed E-state index contributed by atoms with van der Waals surface area (Å²) in [6.45, 7) is 3.10. The van der Waals surface area contributed by atoms with Gasteiger partial charge in [-0.3, -0.25) is 4.79 Å². The first-order chi connectivity index (χ1) is 11.6. The Bertz CT molecular complexity index is 715. The molecular weight excluding hydrogens is 322 g/mol. The second-order valence-corrected chi connectivity index (χ2v) is 6.98. The van der Waals surface area contributed by atoms with E-state index in [-0.39, 0.29) is 11.9 Å². The van der Waals surface area contributed by atoms with Gasteiger partial charge in [0, 0.05) is 17.1 Å². The average Bonchev–Trinajstić information content (AvgIpc) is 3.24. The van der Waals surface area contributed by atoms with Crippen LogP contribution >= 0.6 is 11.3 Å². The van der Waals surface area contributed by atoms with E-state index in [2.05, 4.69) is 10.6 Å². The molecule has 1 fully saturated rings. The molecule has 2 N–H and O–H groups in total. The lowest BCUT2D eigenvalue weighted by Crippen LogP contribution is -2.47. The van der Waals surface area contributed by atoms with Crippen LogP contribution in [0.5, 0.6) is 0 Å². The molecule has 1 aliphatic heterocycles. The molecular formula is C18H21N3O2S. The molecule has 0 radical (unpaired) electrons. The topological polar surface area (TPSA) is 61.4 Å². The van der Waals surface area contributed by atoms with E-state index in [0.717, 1.165) is 22.5 Å². The third kappa shape index (κ3) is 3.94. The Hall–Kier alpha value is -2.34. The van der Waals surface area contributed by atoms with Crippen LogP contribution < -0.4 is 10.6 Å². The fourth-order valence-corrected chi connectivity index (χ4v) is 3.55. The maximum absolute atomic E-state index is 12.5. The Morgan fingerprint density at radius 3 is 2.92 bits per heavy atom. The van der Waals surface area contributed by atoms with Gasteiger partial charge in [-0.2, -0.15) is 0 Å². The van der Waals surface area contributed by atoms with Crippen molar-refractivity contribution in [1.29, 1.82) is 0 Å². The highest BCUT2D eigenvalue weighted by Crippen LogP contribution is 2.20. The van der Waals surface area contributed by atoms with E-state index in [4.69, 9.17) is 0 Å². The van der Waals surface area contributed by atoms with Gasteiger partial charge in [0.05, 0.1) is 6.54 Å². The predicted octanol–water partition coefficient (Wildman–Crippen LogP) is 3.37. The fourth-order valence-electron chi connectivity index (χ4n) is 2.91. The average molecular weight is 343 g/mol. The van der Waals surface area contributed by atoms with Crippen LogP contribution in [0.15, 0.2) is 41.8 Å². The summed E-state index contributed by atoms with van der Waals surface area (Å²) >= 11 is 1.61. The molecule has 1 aliphatic rings. The van der Waals surface area contributed by atoms with Crippen molar-refractivity contribution < 1.29 is 9.59 Å². The number of rotatable bonds is 4. The van der Waals surface area contributed by atoms with Crippen LogP contribution in [0.1, 0.15) is 23.3 Å². The van der Waals surface area contributed by atoms with Crippen molar-refractivity contribution in [2.45, 2.75) is 32.4 Å². The van der Waals surface area contributed by atoms with Crippen LogP contribution in [0.25, 0.3) is 0 Å². The van der Waals surface area contributed by atoms with Crippen LogP contribution in [0.3, 0.4) is 0 Å². The first-order valence-electron chi connectivity index (χ1n) is 8.08. The quantitative estimate of drug-likeness (QED) is 0.894. The van der Waals surface area contributed by atoms with E-state index >= 15 is 0 Å². The molecule has 126 valence electrons. The zero-order chi connectivity index (χ0) is 16.9. The summed E-state index contributed by atoms with van der Waals surface area (Å²) in [6.07, 6.45) is 1.55. The number of aryl methyl sites for hydroxylation is 1. The minimum atomic E-state index is -0.394. The number of nitrogens with zero attached hydrogens (tertiary/aromatic N) is 1. The molecule has 3 amide bonds. The van der Waals surface area contributed by atoms with Crippen LogP contribution in [-0.2, 0) is 11.3 Å². The smallest absolute Gasteiger partial charge is 0.322 e. The van der Waals surface area contributed by atoms with Crippen LogP contribution in [0.4, 0.5) is 10.5 Å². The summed E-state index contributed by atoms with van der Waals surface area (Å²) in [5, 5.41) is 7.81. The number of amides is 3. The number of nitrogens with one attached hydrogen (secondary N) is 2. The maximum atomic E-state index is 12.5. The summed E-state index contributed by atoms with van der Waals surface area (Å²) in [4.78, 5) is 27.7. The Morgan fingerprint density at radius 2 is 2.17 bits per heavy atom. The zero-order valence-corrected chi connectivity index (χ0v) is 14.4. The second kappa shape index (κ2) is 7.49. The third-order valence-electron chi connectivity index (χ3n) is 4.10. The number of carbonyl (C=O) groups is 2. The molecule has 2 aromatic rings. The highest BCUT2D eigenvalue weighted by atomic mass is 32.1. The largest absolute Gasteiger partial charge is 0.349 e. The predicted molar refractivity (Wildman–Crippen MR) is 96.1 cm³/mol. The standard InChI is InChI=1S/C18H21N3O2S/c1-13-5-2-6-14(11-13)20-18(23)21-9-3-8-16(21)17(22)19-12-15-7-4-10-24-15/h2,4-7,10-11,16H,3,8-9,12H2,1H3,(H,19,22)(H,20,23)/t16-/m1/s1. The van der Waals surface area contributed by atoms with Crippen LogP contribution in [-0.4, -0.2) is 29.4 Å².